The maximum Gasteiger partial charge on any atom is 0.267 e. The Labute approximate surface area is 247 Å². The first-order valence-corrected chi connectivity index (χ1v) is 21.3. The molecular weight excluding hydrogens is 522 g/mol. The SMILES string of the molecule is CCCCCCCCCCCCCCCC[P+](CCC)(CCC)CCC.CCCCOP(=O)([O-])OCCCC. The molecule has 0 radical (unpaired) electrons. The lowest BCUT2D eigenvalue weighted by Crippen LogP contribution is -2.11. The van der Waals surface area contributed by atoms with Gasteiger partial charge in [0.2, 0.25) is 0 Å². The molecular formula is C33H72O4P2. The van der Waals surface area contributed by atoms with Crippen LogP contribution in [0.15, 0.2) is 0 Å². The fourth-order valence-corrected chi connectivity index (χ4v) is 11.3. The van der Waals surface area contributed by atoms with Crippen LogP contribution in [0.25, 0.3) is 0 Å². The molecule has 0 aromatic carbocycles. The topological polar surface area (TPSA) is 58.6 Å². The summed E-state index contributed by atoms with van der Waals surface area (Å²) in [6, 6.07) is 0. The van der Waals surface area contributed by atoms with E-state index in [1.54, 1.807) is 24.6 Å². The highest BCUT2D eigenvalue weighted by Crippen LogP contribution is 2.60. The molecule has 39 heavy (non-hydrogen) atoms. The third-order valence-corrected chi connectivity index (χ3v) is 14.0. The molecule has 0 saturated heterocycles. The molecule has 0 bridgehead atoms. The lowest BCUT2D eigenvalue weighted by atomic mass is 10.0. The number of hydrogen-bond acceptors (Lipinski definition) is 4. The van der Waals surface area contributed by atoms with Gasteiger partial charge in [-0.15, -0.1) is 0 Å². The first-order chi connectivity index (χ1) is 18.9. The van der Waals surface area contributed by atoms with Crippen LogP contribution in [0.4, 0.5) is 0 Å². The summed E-state index contributed by atoms with van der Waals surface area (Å²) >= 11 is 0. The van der Waals surface area contributed by atoms with E-state index in [1.807, 2.05) is 13.8 Å². The molecule has 0 atom stereocenters. The van der Waals surface area contributed by atoms with Gasteiger partial charge in [0.15, 0.2) is 0 Å². The van der Waals surface area contributed by atoms with Crippen LogP contribution in [0.5, 0.6) is 0 Å². The lowest BCUT2D eigenvalue weighted by Gasteiger charge is -2.27. The van der Waals surface area contributed by atoms with Crippen molar-refractivity contribution >= 4 is 15.1 Å². The van der Waals surface area contributed by atoms with E-state index in [2.05, 4.69) is 36.7 Å². The van der Waals surface area contributed by atoms with Gasteiger partial charge in [0.05, 0.1) is 37.9 Å². The average Bonchev–Trinajstić information content (AvgIpc) is 2.90. The van der Waals surface area contributed by atoms with Crippen LogP contribution in [0.1, 0.15) is 176 Å². The van der Waals surface area contributed by atoms with Crippen molar-refractivity contribution in [1.29, 1.82) is 0 Å². The van der Waals surface area contributed by atoms with Gasteiger partial charge in [0, 0.05) is 7.26 Å². The van der Waals surface area contributed by atoms with Gasteiger partial charge in [0.1, 0.15) is 0 Å². The normalized spacial score (nSPS) is 12.0. The van der Waals surface area contributed by atoms with Gasteiger partial charge in [-0.2, -0.15) is 0 Å². The number of phosphoric ester groups is 1. The highest BCUT2D eigenvalue weighted by atomic mass is 31.2. The number of phosphoric acid groups is 1. The van der Waals surface area contributed by atoms with E-state index in [0.717, 1.165) is 25.7 Å². The highest BCUT2D eigenvalue weighted by Gasteiger charge is 2.33. The molecule has 4 nitrogen and oxygen atoms in total. The third kappa shape index (κ3) is 29.8. The highest BCUT2D eigenvalue weighted by molar-refractivity contribution is 7.75. The molecule has 6 heteroatoms. The second kappa shape index (κ2) is 31.5. The van der Waals surface area contributed by atoms with Crippen molar-refractivity contribution in [3.8, 4) is 0 Å². The van der Waals surface area contributed by atoms with Gasteiger partial charge >= 0.3 is 0 Å². The van der Waals surface area contributed by atoms with Gasteiger partial charge in [-0.25, -0.2) is 0 Å². The number of rotatable bonds is 29. The van der Waals surface area contributed by atoms with Crippen molar-refractivity contribution in [2.24, 2.45) is 0 Å². The van der Waals surface area contributed by atoms with Gasteiger partial charge in [-0.05, 0) is 44.9 Å². The predicted octanol–water partition coefficient (Wildman–Crippen LogP) is 11.8. The van der Waals surface area contributed by atoms with Gasteiger partial charge < -0.3 is 13.9 Å². The molecule has 0 aromatic rings. The van der Waals surface area contributed by atoms with Crippen molar-refractivity contribution < 1.29 is 18.5 Å². The second-order valence-electron chi connectivity index (χ2n) is 11.7. The van der Waals surface area contributed by atoms with Gasteiger partial charge in [-0.1, -0.05) is 131 Å². The van der Waals surface area contributed by atoms with E-state index in [0.29, 0.717) is 0 Å². The van der Waals surface area contributed by atoms with Crippen molar-refractivity contribution in [3.63, 3.8) is 0 Å². The number of hydrogen-bond donors (Lipinski definition) is 0. The second-order valence-corrected chi connectivity index (χ2v) is 17.5. The van der Waals surface area contributed by atoms with E-state index in [9.17, 15) is 9.46 Å². The van der Waals surface area contributed by atoms with Gasteiger partial charge in [0.25, 0.3) is 7.82 Å². The summed E-state index contributed by atoms with van der Waals surface area (Å²) in [5.74, 6) is 0. The average molecular weight is 595 g/mol. The number of unbranched alkanes of at least 4 members (excludes halogenated alkanes) is 15. The summed E-state index contributed by atoms with van der Waals surface area (Å²) in [6.45, 7) is 13.9. The smallest absolute Gasteiger partial charge is 0.267 e. The molecule has 0 aliphatic carbocycles. The summed E-state index contributed by atoms with van der Waals surface area (Å²) < 4.78 is 20.2. The minimum absolute atomic E-state index is 0.226. The van der Waals surface area contributed by atoms with Crippen molar-refractivity contribution in [3.05, 3.63) is 0 Å². The summed E-state index contributed by atoms with van der Waals surface area (Å²) in [4.78, 5) is 11.0. The summed E-state index contributed by atoms with van der Waals surface area (Å²) in [5, 5.41) is 0. The standard InChI is InChI=1S/C25H54P.C8H19O4P/c1-5-9-10-11-12-13-14-15-16-17-18-19-20-21-25-26(22-6-2,23-7-3)24-8-4;1-3-5-7-11-13(9,10)12-8-6-4-2/h5-25H2,1-4H3;3-8H2,1-2H3,(H,9,10)/q+1;/p-1. The van der Waals surface area contributed by atoms with Crippen LogP contribution in [0.3, 0.4) is 0 Å². The Bertz CT molecular complexity index is 485. The zero-order valence-electron chi connectivity index (χ0n) is 27.6. The van der Waals surface area contributed by atoms with E-state index in [1.165, 1.54) is 109 Å². The molecule has 238 valence electrons. The fraction of sp³-hybridized carbons (Fsp3) is 1.00. The Morgan fingerprint density at radius 2 is 0.744 bits per heavy atom. The third-order valence-electron chi connectivity index (χ3n) is 7.57. The maximum absolute atomic E-state index is 11.0. The van der Waals surface area contributed by atoms with Crippen LogP contribution in [0, 0.1) is 0 Å². The Morgan fingerprint density at radius 1 is 0.436 bits per heavy atom. The molecule has 0 aromatic heterocycles. The minimum Gasteiger partial charge on any atom is -0.756 e. The molecule has 0 spiro atoms. The van der Waals surface area contributed by atoms with Gasteiger partial charge in [-0.3, -0.25) is 4.57 Å². The predicted molar refractivity (Wildman–Crippen MR) is 177 cm³/mol. The maximum atomic E-state index is 11.0. The molecule has 0 N–H and O–H groups in total. The quantitative estimate of drug-likeness (QED) is 0.0638. The Morgan fingerprint density at radius 3 is 1.05 bits per heavy atom. The molecule has 0 amide bonds. The van der Waals surface area contributed by atoms with Crippen molar-refractivity contribution in [2.75, 3.05) is 37.9 Å². The Balaban J connectivity index is 0. The molecule has 0 fully saturated rings. The van der Waals surface area contributed by atoms with E-state index in [4.69, 9.17) is 0 Å². The van der Waals surface area contributed by atoms with Crippen LogP contribution in [-0.4, -0.2) is 37.9 Å². The van der Waals surface area contributed by atoms with Crippen LogP contribution >= 0.6 is 15.1 Å². The Hall–Kier alpha value is 0.540. The monoisotopic (exact) mass is 594 g/mol. The minimum atomic E-state index is -4.00. The van der Waals surface area contributed by atoms with E-state index in [-0.39, 0.29) is 13.2 Å². The largest absolute Gasteiger partial charge is 0.756 e. The van der Waals surface area contributed by atoms with E-state index < -0.39 is 15.1 Å². The molecule has 0 saturated carbocycles. The summed E-state index contributed by atoms with van der Waals surface area (Å²) in [5.41, 5.74) is 0. The first kappa shape index (κ1) is 41.7. The fourth-order valence-electron chi connectivity index (χ4n) is 5.41. The van der Waals surface area contributed by atoms with E-state index >= 15 is 0 Å². The Kier molecular flexibility index (Phi) is 33.6. The zero-order valence-corrected chi connectivity index (χ0v) is 29.4. The molecule has 0 rings (SSSR count). The van der Waals surface area contributed by atoms with Crippen LogP contribution in [0.2, 0.25) is 0 Å². The first-order valence-electron chi connectivity index (χ1n) is 17.3. The van der Waals surface area contributed by atoms with Crippen molar-refractivity contribution in [1.82, 2.24) is 0 Å². The molecule has 0 aliphatic rings. The molecule has 0 unspecified atom stereocenters. The lowest BCUT2D eigenvalue weighted by molar-refractivity contribution is -0.225. The molecule has 0 aliphatic heterocycles. The van der Waals surface area contributed by atoms with Crippen molar-refractivity contribution in [2.45, 2.75) is 176 Å². The summed E-state index contributed by atoms with van der Waals surface area (Å²) in [6.07, 6.45) is 34.7. The summed E-state index contributed by atoms with van der Waals surface area (Å²) in [7, 11) is -4.58. The van der Waals surface area contributed by atoms with Crippen LogP contribution in [-0.2, 0) is 13.6 Å². The zero-order chi connectivity index (χ0) is 29.5. The van der Waals surface area contributed by atoms with Crippen LogP contribution < -0.4 is 4.89 Å². The molecule has 0 heterocycles.